The number of piperazine rings is 1. The second-order valence-electron chi connectivity index (χ2n) is 4.39. The maximum absolute atomic E-state index is 12.1. The van der Waals surface area contributed by atoms with Crippen LogP contribution in [0.2, 0.25) is 0 Å². The Labute approximate surface area is 118 Å². The Morgan fingerprint density at radius 3 is 2.25 bits per heavy atom. The number of aliphatic carboxylic acids is 1. The number of carbonyl (C=O) groups excluding carboxylic acids is 1. The summed E-state index contributed by atoms with van der Waals surface area (Å²) in [7, 11) is -3.27. The molecule has 0 spiro atoms. The smallest absolute Gasteiger partial charge is 0.323 e. The van der Waals surface area contributed by atoms with Crippen LogP contribution in [0.3, 0.4) is 0 Å². The monoisotopic (exact) mass is 303 g/mol. The zero-order valence-corrected chi connectivity index (χ0v) is 12.0. The van der Waals surface area contributed by atoms with Crippen molar-refractivity contribution in [2.24, 2.45) is 0 Å². The van der Waals surface area contributed by atoms with Gasteiger partial charge in [-0.05, 0) is 0 Å². The van der Waals surface area contributed by atoms with Crippen LogP contribution in [0.1, 0.15) is 0 Å². The van der Waals surface area contributed by atoms with Crippen molar-refractivity contribution in [1.29, 1.82) is 0 Å². The lowest BCUT2D eigenvalue weighted by Crippen LogP contribution is -2.54. The molecule has 0 atom stereocenters. The lowest BCUT2D eigenvalue weighted by Gasteiger charge is -2.35. The minimum absolute atomic E-state index is 0.0998. The molecule has 0 radical (unpaired) electrons. The first-order chi connectivity index (χ1) is 9.25. The molecule has 0 aromatic heterocycles. The molecule has 0 aromatic carbocycles. The van der Waals surface area contributed by atoms with Crippen LogP contribution < -0.4 is 0 Å². The third kappa shape index (κ3) is 4.40. The van der Waals surface area contributed by atoms with Crippen molar-refractivity contribution in [3.8, 4) is 12.3 Å². The third-order valence-corrected chi connectivity index (χ3v) is 4.16. The van der Waals surface area contributed by atoms with E-state index in [9.17, 15) is 18.0 Å². The number of hydrogen-bond donors (Lipinski definition) is 1. The third-order valence-electron chi connectivity index (χ3n) is 2.86. The number of carbonyl (C=O) groups is 2. The van der Waals surface area contributed by atoms with Gasteiger partial charge in [-0.15, -0.1) is 6.42 Å². The Morgan fingerprint density at radius 1 is 1.30 bits per heavy atom. The lowest BCUT2D eigenvalue weighted by atomic mass is 10.3. The normalized spacial score (nSPS) is 16.5. The van der Waals surface area contributed by atoms with Gasteiger partial charge in [0.25, 0.3) is 0 Å². The molecule has 1 saturated heterocycles. The van der Waals surface area contributed by atoms with Crippen LogP contribution in [0.4, 0.5) is 4.79 Å². The number of terminal acetylenes is 1. The van der Waals surface area contributed by atoms with Crippen molar-refractivity contribution in [3.05, 3.63) is 0 Å². The fourth-order valence-electron chi connectivity index (χ4n) is 1.88. The summed E-state index contributed by atoms with van der Waals surface area (Å²) in [6.45, 7) is 0.245. The maximum atomic E-state index is 12.1. The molecule has 0 aliphatic carbocycles. The minimum Gasteiger partial charge on any atom is -0.480 e. The Bertz CT molecular complexity index is 517. The Hall–Kier alpha value is -1.79. The molecule has 8 nitrogen and oxygen atoms in total. The molecule has 1 aliphatic rings. The first kappa shape index (κ1) is 16.3. The van der Waals surface area contributed by atoms with Crippen molar-refractivity contribution in [3.63, 3.8) is 0 Å². The maximum Gasteiger partial charge on any atom is 0.323 e. The van der Waals surface area contributed by atoms with Crippen molar-refractivity contribution in [2.75, 3.05) is 45.5 Å². The molecule has 0 unspecified atom stereocenters. The van der Waals surface area contributed by atoms with Gasteiger partial charge in [-0.2, -0.15) is 4.31 Å². The highest BCUT2D eigenvalue weighted by atomic mass is 32.2. The van der Waals surface area contributed by atoms with Gasteiger partial charge in [-0.25, -0.2) is 13.2 Å². The molecule has 0 saturated carbocycles. The zero-order chi connectivity index (χ0) is 15.3. The SMILES string of the molecule is C#CCN(CC(=O)O)C(=O)N1CCN(S(C)(=O)=O)CC1. The van der Waals surface area contributed by atoms with Crippen LogP contribution in [-0.4, -0.2) is 85.2 Å². The van der Waals surface area contributed by atoms with Crippen LogP contribution in [-0.2, 0) is 14.8 Å². The Morgan fingerprint density at radius 2 is 1.85 bits per heavy atom. The van der Waals surface area contributed by atoms with E-state index >= 15 is 0 Å². The van der Waals surface area contributed by atoms with E-state index in [-0.39, 0.29) is 32.7 Å². The Kier molecular flexibility index (Phi) is 5.35. The van der Waals surface area contributed by atoms with Gasteiger partial charge in [0.2, 0.25) is 10.0 Å². The number of rotatable bonds is 4. The quantitative estimate of drug-likeness (QED) is 0.651. The molecular formula is C11H17N3O5S. The van der Waals surface area contributed by atoms with Crippen LogP contribution >= 0.6 is 0 Å². The highest BCUT2D eigenvalue weighted by Crippen LogP contribution is 2.08. The molecule has 1 heterocycles. The summed E-state index contributed by atoms with van der Waals surface area (Å²) in [5, 5.41) is 8.74. The van der Waals surface area contributed by atoms with Gasteiger partial charge in [0.05, 0.1) is 12.8 Å². The minimum atomic E-state index is -3.27. The molecule has 1 N–H and O–H groups in total. The average molecular weight is 303 g/mol. The molecule has 1 rings (SSSR count). The van der Waals surface area contributed by atoms with Gasteiger partial charge in [0.15, 0.2) is 0 Å². The van der Waals surface area contributed by atoms with Gasteiger partial charge in [0.1, 0.15) is 6.54 Å². The number of sulfonamides is 1. The van der Waals surface area contributed by atoms with Crippen molar-refractivity contribution in [2.45, 2.75) is 0 Å². The van der Waals surface area contributed by atoms with Crippen LogP contribution in [0.25, 0.3) is 0 Å². The second-order valence-corrected chi connectivity index (χ2v) is 6.37. The first-order valence-electron chi connectivity index (χ1n) is 5.90. The van der Waals surface area contributed by atoms with E-state index in [2.05, 4.69) is 5.92 Å². The molecule has 1 fully saturated rings. The molecule has 112 valence electrons. The van der Waals surface area contributed by atoms with Crippen molar-refractivity contribution >= 4 is 22.0 Å². The summed E-state index contributed by atoms with van der Waals surface area (Å²) in [5.41, 5.74) is 0. The van der Waals surface area contributed by atoms with Crippen molar-refractivity contribution in [1.82, 2.24) is 14.1 Å². The largest absolute Gasteiger partial charge is 0.480 e. The standard InChI is InChI=1S/C11H17N3O5S/c1-3-4-13(9-10(15)16)11(17)12-5-7-14(8-6-12)20(2,18)19/h1H,4-9H2,2H3,(H,15,16). The zero-order valence-electron chi connectivity index (χ0n) is 11.2. The van der Waals surface area contributed by atoms with E-state index in [0.29, 0.717) is 0 Å². The van der Waals surface area contributed by atoms with Gasteiger partial charge in [-0.3, -0.25) is 4.79 Å². The van der Waals surface area contributed by atoms with Gasteiger partial charge in [0, 0.05) is 26.2 Å². The van der Waals surface area contributed by atoms with Crippen LogP contribution in [0.5, 0.6) is 0 Å². The van der Waals surface area contributed by atoms with E-state index in [1.54, 1.807) is 0 Å². The van der Waals surface area contributed by atoms with Gasteiger partial charge >= 0.3 is 12.0 Å². The van der Waals surface area contributed by atoms with E-state index < -0.39 is 28.6 Å². The highest BCUT2D eigenvalue weighted by Gasteiger charge is 2.29. The average Bonchev–Trinajstić information content (AvgIpc) is 2.36. The summed E-state index contributed by atoms with van der Waals surface area (Å²) in [6, 6.07) is -0.487. The number of amides is 2. The van der Waals surface area contributed by atoms with E-state index in [0.717, 1.165) is 11.2 Å². The molecule has 2 amide bonds. The molecule has 0 bridgehead atoms. The summed E-state index contributed by atoms with van der Waals surface area (Å²) in [5.74, 6) is 1.09. The van der Waals surface area contributed by atoms with Crippen LogP contribution in [0, 0.1) is 12.3 Å². The first-order valence-corrected chi connectivity index (χ1v) is 7.74. The Balaban J connectivity index is 2.65. The van der Waals surface area contributed by atoms with Crippen LogP contribution in [0.15, 0.2) is 0 Å². The van der Waals surface area contributed by atoms with E-state index in [1.165, 1.54) is 9.21 Å². The van der Waals surface area contributed by atoms with Gasteiger partial charge < -0.3 is 14.9 Å². The predicted octanol–water partition coefficient (Wildman–Crippen LogP) is -1.30. The number of nitrogens with zero attached hydrogens (tertiary/aromatic N) is 3. The highest BCUT2D eigenvalue weighted by molar-refractivity contribution is 7.88. The fraction of sp³-hybridized carbons (Fsp3) is 0.636. The number of urea groups is 1. The van der Waals surface area contributed by atoms with E-state index in [4.69, 9.17) is 11.5 Å². The summed E-state index contributed by atoms with van der Waals surface area (Å²) in [6.07, 6.45) is 6.22. The number of carboxylic acid groups (broad SMARTS) is 1. The summed E-state index contributed by atoms with van der Waals surface area (Å²) < 4.78 is 24.0. The molecule has 9 heteroatoms. The fourth-order valence-corrected chi connectivity index (χ4v) is 2.70. The topological polar surface area (TPSA) is 98.2 Å². The molecule has 20 heavy (non-hydrogen) atoms. The molecule has 1 aliphatic heterocycles. The predicted molar refractivity (Wildman–Crippen MR) is 71.4 cm³/mol. The summed E-state index contributed by atoms with van der Waals surface area (Å²) >= 11 is 0. The molecular weight excluding hydrogens is 286 g/mol. The number of hydrogen-bond acceptors (Lipinski definition) is 4. The van der Waals surface area contributed by atoms with Gasteiger partial charge in [-0.1, -0.05) is 5.92 Å². The second kappa shape index (κ2) is 6.58. The van der Waals surface area contributed by atoms with Crippen molar-refractivity contribution < 1.29 is 23.1 Å². The number of carboxylic acids is 1. The van der Waals surface area contributed by atoms with E-state index in [1.807, 2.05) is 0 Å². The lowest BCUT2D eigenvalue weighted by molar-refractivity contribution is -0.137. The summed E-state index contributed by atoms with van der Waals surface area (Å²) in [4.78, 5) is 25.2. The molecule has 0 aromatic rings.